The summed E-state index contributed by atoms with van der Waals surface area (Å²) in [5.74, 6) is -0.423. The zero-order valence-corrected chi connectivity index (χ0v) is 11.0. The second-order valence-corrected chi connectivity index (χ2v) is 5.92. The van der Waals surface area contributed by atoms with Crippen LogP contribution in [0.15, 0.2) is 23.1 Å². The standard InChI is InChI=1S/C11H12N2O4S/c1-13-9-5-4-7(18(3,15)16)6-8(9)12-10(13)11(14)17-2/h4-6H,1-3H3. The number of hydrogen-bond acceptors (Lipinski definition) is 5. The Kier molecular flexibility index (Phi) is 2.86. The van der Waals surface area contributed by atoms with Crippen molar-refractivity contribution in [2.24, 2.45) is 7.05 Å². The van der Waals surface area contributed by atoms with Gasteiger partial charge in [0, 0.05) is 13.3 Å². The molecule has 1 aromatic carbocycles. The van der Waals surface area contributed by atoms with Gasteiger partial charge in [-0.25, -0.2) is 18.2 Å². The van der Waals surface area contributed by atoms with E-state index < -0.39 is 15.8 Å². The van der Waals surface area contributed by atoms with Crippen LogP contribution in [-0.4, -0.2) is 37.3 Å². The summed E-state index contributed by atoms with van der Waals surface area (Å²) in [6.07, 6.45) is 1.12. The van der Waals surface area contributed by atoms with Crippen molar-refractivity contribution >= 4 is 26.8 Å². The highest BCUT2D eigenvalue weighted by molar-refractivity contribution is 7.90. The first-order valence-electron chi connectivity index (χ1n) is 5.09. The Bertz CT molecular complexity index is 731. The molecule has 2 aromatic rings. The van der Waals surface area contributed by atoms with Crippen molar-refractivity contribution < 1.29 is 17.9 Å². The van der Waals surface area contributed by atoms with Gasteiger partial charge in [0.25, 0.3) is 0 Å². The number of aromatic nitrogens is 2. The first-order chi connectivity index (χ1) is 8.34. The molecule has 0 amide bonds. The molecule has 96 valence electrons. The van der Waals surface area contributed by atoms with Gasteiger partial charge in [-0.2, -0.15) is 0 Å². The van der Waals surface area contributed by atoms with E-state index in [1.165, 1.54) is 19.2 Å². The first-order valence-corrected chi connectivity index (χ1v) is 6.98. The predicted molar refractivity (Wildman–Crippen MR) is 65.2 cm³/mol. The van der Waals surface area contributed by atoms with E-state index in [2.05, 4.69) is 9.72 Å². The van der Waals surface area contributed by atoms with Crippen molar-refractivity contribution in [2.45, 2.75) is 4.90 Å². The van der Waals surface area contributed by atoms with E-state index in [1.807, 2.05) is 0 Å². The number of imidazole rings is 1. The molecule has 0 N–H and O–H groups in total. The number of benzene rings is 1. The van der Waals surface area contributed by atoms with Crippen LogP contribution in [0.2, 0.25) is 0 Å². The molecular weight excluding hydrogens is 256 g/mol. The third-order valence-electron chi connectivity index (χ3n) is 2.65. The molecule has 1 aromatic heterocycles. The van der Waals surface area contributed by atoms with Gasteiger partial charge in [0.05, 0.1) is 23.0 Å². The smallest absolute Gasteiger partial charge is 0.374 e. The molecule has 7 heteroatoms. The number of hydrogen-bond donors (Lipinski definition) is 0. The summed E-state index contributed by atoms with van der Waals surface area (Å²) in [5.41, 5.74) is 1.11. The van der Waals surface area contributed by atoms with Gasteiger partial charge in [0.15, 0.2) is 9.84 Å². The second kappa shape index (κ2) is 4.09. The lowest BCUT2D eigenvalue weighted by atomic mass is 10.3. The highest BCUT2D eigenvalue weighted by atomic mass is 32.2. The van der Waals surface area contributed by atoms with E-state index in [-0.39, 0.29) is 10.7 Å². The number of sulfone groups is 1. The van der Waals surface area contributed by atoms with Crippen molar-refractivity contribution in [3.63, 3.8) is 0 Å². The molecule has 1 heterocycles. The van der Waals surface area contributed by atoms with E-state index in [0.29, 0.717) is 11.0 Å². The van der Waals surface area contributed by atoms with Crippen molar-refractivity contribution in [2.75, 3.05) is 13.4 Å². The molecule has 0 fully saturated rings. The number of rotatable bonds is 2. The third-order valence-corrected chi connectivity index (χ3v) is 3.76. The third kappa shape index (κ3) is 1.97. The number of ether oxygens (including phenoxy) is 1. The van der Waals surface area contributed by atoms with Crippen LogP contribution >= 0.6 is 0 Å². The predicted octanol–water partition coefficient (Wildman–Crippen LogP) is 0.763. The Morgan fingerprint density at radius 1 is 1.39 bits per heavy atom. The van der Waals surface area contributed by atoms with Crippen LogP contribution in [-0.2, 0) is 21.6 Å². The van der Waals surface area contributed by atoms with Crippen LogP contribution in [0.5, 0.6) is 0 Å². The maximum Gasteiger partial charge on any atom is 0.374 e. The van der Waals surface area contributed by atoms with Crippen LogP contribution in [0.4, 0.5) is 0 Å². The largest absolute Gasteiger partial charge is 0.463 e. The Morgan fingerprint density at radius 3 is 2.61 bits per heavy atom. The van der Waals surface area contributed by atoms with Gasteiger partial charge in [0.1, 0.15) is 0 Å². The Labute approximate surface area is 104 Å². The van der Waals surface area contributed by atoms with E-state index >= 15 is 0 Å². The number of aryl methyl sites for hydroxylation is 1. The average Bonchev–Trinajstić information content (AvgIpc) is 2.64. The number of esters is 1. The lowest BCUT2D eigenvalue weighted by Crippen LogP contribution is -2.08. The Balaban J connectivity index is 2.70. The monoisotopic (exact) mass is 268 g/mol. The fourth-order valence-electron chi connectivity index (χ4n) is 1.68. The van der Waals surface area contributed by atoms with Gasteiger partial charge in [-0.15, -0.1) is 0 Å². The zero-order chi connectivity index (χ0) is 13.5. The number of fused-ring (bicyclic) bond motifs is 1. The fraction of sp³-hybridized carbons (Fsp3) is 0.273. The fourth-order valence-corrected chi connectivity index (χ4v) is 2.33. The summed E-state index contributed by atoms with van der Waals surface area (Å²) >= 11 is 0. The van der Waals surface area contributed by atoms with Gasteiger partial charge in [0.2, 0.25) is 5.82 Å². The van der Waals surface area contributed by atoms with Gasteiger partial charge >= 0.3 is 5.97 Å². The molecular formula is C11H12N2O4S. The zero-order valence-electron chi connectivity index (χ0n) is 10.2. The quantitative estimate of drug-likeness (QED) is 0.751. The molecule has 0 spiro atoms. The normalized spacial score (nSPS) is 11.7. The SMILES string of the molecule is COC(=O)c1nc2cc(S(C)(=O)=O)ccc2n1C. The van der Waals surface area contributed by atoms with Gasteiger partial charge in [-0.3, -0.25) is 0 Å². The van der Waals surface area contributed by atoms with Crippen molar-refractivity contribution in [1.29, 1.82) is 0 Å². The minimum absolute atomic E-state index is 0.137. The summed E-state index contributed by atoms with van der Waals surface area (Å²) in [7, 11) is -0.353. The molecule has 0 bridgehead atoms. The van der Waals surface area contributed by atoms with E-state index in [9.17, 15) is 13.2 Å². The summed E-state index contributed by atoms with van der Waals surface area (Å²) < 4.78 is 29.0. The summed E-state index contributed by atoms with van der Waals surface area (Å²) in [4.78, 5) is 15.7. The van der Waals surface area contributed by atoms with E-state index in [1.54, 1.807) is 17.7 Å². The van der Waals surface area contributed by atoms with Gasteiger partial charge in [-0.1, -0.05) is 0 Å². The van der Waals surface area contributed by atoms with Crippen molar-refractivity contribution in [3.8, 4) is 0 Å². The van der Waals surface area contributed by atoms with Crippen molar-refractivity contribution in [1.82, 2.24) is 9.55 Å². The molecule has 0 aliphatic heterocycles. The average molecular weight is 268 g/mol. The summed E-state index contributed by atoms with van der Waals surface area (Å²) in [6.45, 7) is 0. The number of carbonyl (C=O) groups is 1. The highest BCUT2D eigenvalue weighted by Crippen LogP contribution is 2.19. The molecule has 6 nitrogen and oxygen atoms in total. The molecule has 0 aliphatic carbocycles. The summed E-state index contributed by atoms with van der Waals surface area (Å²) in [6, 6.07) is 4.54. The van der Waals surface area contributed by atoms with Gasteiger partial charge in [-0.05, 0) is 18.2 Å². The molecule has 2 rings (SSSR count). The second-order valence-electron chi connectivity index (χ2n) is 3.91. The Morgan fingerprint density at radius 2 is 2.06 bits per heavy atom. The Hall–Kier alpha value is -1.89. The summed E-state index contributed by atoms with van der Waals surface area (Å²) in [5, 5.41) is 0. The van der Waals surface area contributed by atoms with Crippen LogP contribution in [0, 0.1) is 0 Å². The molecule has 0 saturated carbocycles. The van der Waals surface area contributed by atoms with E-state index in [4.69, 9.17) is 0 Å². The van der Waals surface area contributed by atoms with Crippen molar-refractivity contribution in [3.05, 3.63) is 24.0 Å². The van der Waals surface area contributed by atoms with Crippen LogP contribution in [0.3, 0.4) is 0 Å². The van der Waals surface area contributed by atoms with Gasteiger partial charge < -0.3 is 9.30 Å². The molecule has 0 radical (unpaired) electrons. The topological polar surface area (TPSA) is 78.3 Å². The van der Waals surface area contributed by atoms with Crippen LogP contribution < -0.4 is 0 Å². The van der Waals surface area contributed by atoms with E-state index in [0.717, 1.165) is 6.26 Å². The molecule has 0 atom stereocenters. The lowest BCUT2D eigenvalue weighted by molar-refractivity contribution is 0.0583. The van der Waals surface area contributed by atoms with Crippen LogP contribution in [0.25, 0.3) is 11.0 Å². The van der Waals surface area contributed by atoms with Crippen LogP contribution in [0.1, 0.15) is 10.6 Å². The molecule has 0 unspecified atom stereocenters. The maximum absolute atomic E-state index is 11.5. The molecule has 0 saturated heterocycles. The number of carbonyl (C=O) groups excluding carboxylic acids is 1. The molecule has 0 aliphatic rings. The minimum atomic E-state index is -3.29. The highest BCUT2D eigenvalue weighted by Gasteiger charge is 2.17. The first kappa shape index (κ1) is 12.6. The number of nitrogens with zero attached hydrogens (tertiary/aromatic N) is 2. The minimum Gasteiger partial charge on any atom is -0.463 e. The molecule has 18 heavy (non-hydrogen) atoms. The maximum atomic E-state index is 11.5. The number of methoxy groups -OCH3 is 1. The lowest BCUT2D eigenvalue weighted by Gasteiger charge is -2.00.